The van der Waals surface area contributed by atoms with Crippen molar-refractivity contribution in [3.05, 3.63) is 23.8 Å². The maximum absolute atomic E-state index is 9.53. The van der Waals surface area contributed by atoms with Crippen LogP contribution in [0.4, 0.5) is 0 Å². The van der Waals surface area contributed by atoms with Crippen LogP contribution in [0.25, 0.3) is 0 Å². The first-order valence-corrected chi connectivity index (χ1v) is 6.84. The van der Waals surface area contributed by atoms with Gasteiger partial charge in [0.2, 0.25) is 0 Å². The first-order chi connectivity index (χ1) is 7.74. The zero-order chi connectivity index (χ0) is 11.8. The molecule has 0 saturated heterocycles. The van der Waals surface area contributed by atoms with E-state index in [-0.39, 0.29) is 11.5 Å². The van der Waals surface area contributed by atoms with Gasteiger partial charge in [0.05, 0.1) is 0 Å². The fourth-order valence-corrected chi connectivity index (χ4v) is 1.91. The molecule has 0 amide bonds. The van der Waals surface area contributed by atoms with Crippen LogP contribution >= 0.6 is 11.8 Å². The minimum atomic E-state index is 0.0984. The zero-order valence-corrected chi connectivity index (χ0v) is 10.4. The summed E-state index contributed by atoms with van der Waals surface area (Å²) < 4.78 is 0. The van der Waals surface area contributed by atoms with E-state index < -0.39 is 0 Å². The van der Waals surface area contributed by atoms with Crippen LogP contribution in [-0.4, -0.2) is 28.8 Å². The van der Waals surface area contributed by atoms with Gasteiger partial charge in [0.25, 0.3) is 0 Å². The molecule has 0 spiro atoms. The van der Waals surface area contributed by atoms with Crippen molar-refractivity contribution in [2.45, 2.75) is 19.4 Å². The number of hydrogen-bond acceptors (Lipinski definition) is 4. The third-order valence-electron chi connectivity index (χ3n) is 2.34. The van der Waals surface area contributed by atoms with Crippen molar-refractivity contribution in [2.75, 3.05) is 18.6 Å². The Labute approximate surface area is 101 Å². The maximum atomic E-state index is 9.53. The summed E-state index contributed by atoms with van der Waals surface area (Å²) in [6, 6.07) is 4.69. The lowest BCUT2D eigenvalue weighted by Crippen LogP contribution is -2.14. The van der Waals surface area contributed by atoms with Gasteiger partial charge in [-0.2, -0.15) is 11.8 Å². The van der Waals surface area contributed by atoms with Crippen molar-refractivity contribution in [3.63, 3.8) is 0 Å². The van der Waals surface area contributed by atoms with E-state index in [2.05, 4.69) is 11.6 Å². The highest BCUT2D eigenvalue weighted by atomic mass is 32.2. The molecule has 0 aliphatic carbocycles. The Morgan fingerprint density at radius 2 is 2.06 bits per heavy atom. The van der Waals surface area contributed by atoms with Gasteiger partial charge in [-0.05, 0) is 37.5 Å². The fraction of sp³-hybridized carbons (Fsp3) is 0.500. The molecule has 0 heterocycles. The summed E-state index contributed by atoms with van der Waals surface area (Å²) in [7, 11) is 0. The molecule has 0 saturated carbocycles. The van der Waals surface area contributed by atoms with Crippen molar-refractivity contribution in [1.82, 2.24) is 5.32 Å². The van der Waals surface area contributed by atoms with E-state index in [1.807, 2.05) is 11.8 Å². The number of hydrogen-bond donors (Lipinski definition) is 3. The molecule has 0 atom stereocenters. The van der Waals surface area contributed by atoms with Gasteiger partial charge in [-0.1, -0.05) is 6.07 Å². The first-order valence-electron chi connectivity index (χ1n) is 5.44. The standard InChI is InChI=1S/C12H19NO2S/c1-16-7-3-2-6-13-9-10-4-5-11(14)8-12(10)15/h4-5,8,13-15H,2-3,6-7,9H2,1H3. The second-order valence-electron chi connectivity index (χ2n) is 3.69. The monoisotopic (exact) mass is 241 g/mol. The molecule has 0 aliphatic rings. The average Bonchev–Trinajstić information content (AvgIpc) is 2.26. The zero-order valence-electron chi connectivity index (χ0n) is 9.57. The molecule has 0 unspecified atom stereocenters. The number of phenols is 2. The molecule has 0 aromatic heterocycles. The number of nitrogens with one attached hydrogen (secondary N) is 1. The van der Waals surface area contributed by atoms with Crippen molar-refractivity contribution in [1.29, 1.82) is 0 Å². The number of benzene rings is 1. The Morgan fingerprint density at radius 1 is 1.25 bits per heavy atom. The Hall–Kier alpha value is -0.870. The minimum absolute atomic E-state index is 0.0984. The molecule has 3 N–H and O–H groups in total. The van der Waals surface area contributed by atoms with Crippen LogP contribution in [0.5, 0.6) is 11.5 Å². The van der Waals surface area contributed by atoms with Crippen LogP contribution < -0.4 is 5.32 Å². The van der Waals surface area contributed by atoms with E-state index in [4.69, 9.17) is 5.11 Å². The lowest BCUT2D eigenvalue weighted by Gasteiger charge is -2.06. The summed E-state index contributed by atoms with van der Waals surface area (Å²) in [6.07, 6.45) is 4.48. The van der Waals surface area contributed by atoms with Crippen LogP contribution in [-0.2, 0) is 6.54 Å². The largest absolute Gasteiger partial charge is 0.508 e. The summed E-state index contributed by atoms with van der Waals surface area (Å²) in [5, 5.41) is 21.9. The van der Waals surface area contributed by atoms with Crippen LogP contribution in [0.15, 0.2) is 18.2 Å². The molecule has 0 radical (unpaired) electrons. The van der Waals surface area contributed by atoms with E-state index >= 15 is 0 Å². The second kappa shape index (κ2) is 7.41. The number of unbranched alkanes of at least 4 members (excludes halogenated alkanes) is 1. The van der Waals surface area contributed by atoms with Gasteiger partial charge in [-0.3, -0.25) is 0 Å². The topological polar surface area (TPSA) is 52.5 Å². The quantitative estimate of drug-likeness (QED) is 0.641. The van der Waals surface area contributed by atoms with Gasteiger partial charge in [0.15, 0.2) is 0 Å². The Morgan fingerprint density at radius 3 is 2.75 bits per heavy atom. The van der Waals surface area contributed by atoms with E-state index in [0.717, 1.165) is 18.5 Å². The van der Waals surface area contributed by atoms with Gasteiger partial charge in [-0.15, -0.1) is 0 Å². The molecule has 1 aromatic carbocycles. The predicted molar refractivity (Wildman–Crippen MR) is 69.1 cm³/mol. The molecule has 90 valence electrons. The molecule has 0 bridgehead atoms. The molecule has 1 rings (SSSR count). The van der Waals surface area contributed by atoms with E-state index in [1.165, 1.54) is 18.2 Å². The highest BCUT2D eigenvalue weighted by Crippen LogP contribution is 2.22. The first kappa shape index (κ1) is 13.2. The van der Waals surface area contributed by atoms with E-state index in [0.29, 0.717) is 6.54 Å². The smallest absolute Gasteiger partial charge is 0.123 e. The minimum Gasteiger partial charge on any atom is -0.508 e. The SMILES string of the molecule is CSCCCCNCc1ccc(O)cc1O. The lowest BCUT2D eigenvalue weighted by atomic mass is 10.2. The number of aromatic hydroxyl groups is 2. The predicted octanol–water partition coefficient (Wildman–Crippen LogP) is 2.33. The van der Waals surface area contributed by atoms with Crippen molar-refractivity contribution < 1.29 is 10.2 Å². The highest BCUT2D eigenvalue weighted by molar-refractivity contribution is 7.98. The van der Waals surface area contributed by atoms with Crippen LogP contribution in [0, 0.1) is 0 Å². The highest BCUT2D eigenvalue weighted by Gasteiger charge is 2.01. The van der Waals surface area contributed by atoms with Crippen molar-refractivity contribution in [2.24, 2.45) is 0 Å². The summed E-state index contributed by atoms with van der Waals surface area (Å²) in [5.74, 6) is 1.45. The molecule has 4 heteroatoms. The number of rotatable bonds is 7. The van der Waals surface area contributed by atoms with Gasteiger partial charge in [0.1, 0.15) is 11.5 Å². The van der Waals surface area contributed by atoms with E-state index in [1.54, 1.807) is 12.1 Å². The summed E-state index contributed by atoms with van der Waals surface area (Å²) in [6.45, 7) is 1.60. The van der Waals surface area contributed by atoms with Crippen LogP contribution in [0.2, 0.25) is 0 Å². The summed E-state index contributed by atoms with van der Waals surface area (Å²) in [5.41, 5.74) is 0.822. The lowest BCUT2D eigenvalue weighted by molar-refractivity contribution is 0.443. The maximum Gasteiger partial charge on any atom is 0.123 e. The Kier molecular flexibility index (Phi) is 6.11. The average molecular weight is 241 g/mol. The van der Waals surface area contributed by atoms with Crippen LogP contribution in [0.3, 0.4) is 0 Å². The van der Waals surface area contributed by atoms with Gasteiger partial charge in [-0.25, -0.2) is 0 Å². The molecule has 1 aromatic rings. The number of phenolic OH excluding ortho intramolecular Hbond substituents is 2. The summed E-state index contributed by atoms with van der Waals surface area (Å²) >= 11 is 1.86. The third-order valence-corrected chi connectivity index (χ3v) is 3.03. The normalized spacial score (nSPS) is 10.6. The van der Waals surface area contributed by atoms with E-state index in [9.17, 15) is 5.11 Å². The van der Waals surface area contributed by atoms with Gasteiger partial charge in [0, 0.05) is 18.2 Å². The van der Waals surface area contributed by atoms with Crippen molar-refractivity contribution in [3.8, 4) is 11.5 Å². The summed E-state index contributed by atoms with van der Waals surface area (Å²) in [4.78, 5) is 0. The van der Waals surface area contributed by atoms with Gasteiger partial charge >= 0.3 is 0 Å². The van der Waals surface area contributed by atoms with Crippen molar-refractivity contribution >= 4 is 11.8 Å². The Balaban J connectivity index is 2.21. The van der Waals surface area contributed by atoms with Crippen LogP contribution in [0.1, 0.15) is 18.4 Å². The Bertz CT molecular complexity index is 318. The fourth-order valence-electron chi connectivity index (χ4n) is 1.42. The van der Waals surface area contributed by atoms with Gasteiger partial charge < -0.3 is 15.5 Å². The number of thioether (sulfide) groups is 1. The molecule has 0 fully saturated rings. The molecule has 3 nitrogen and oxygen atoms in total. The second-order valence-corrected chi connectivity index (χ2v) is 4.68. The molecular formula is C12H19NO2S. The molecular weight excluding hydrogens is 222 g/mol. The molecule has 0 aliphatic heterocycles. The molecule has 16 heavy (non-hydrogen) atoms. The third kappa shape index (κ3) is 4.77.